The van der Waals surface area contributed by atoms with Crippen LogP contribution in [0, 0.1) is 0 Å². The first-order valence-corrected chi connectivity index (χ1v) is 5.76. The van der Waals surface area contributed by atoms with Gasteiger partial charge in [-0.05, 0) is 24.3 Å². The number of ketones is 1. The lowest BCUT2D eigenvalue weighted by Crippen LogP contribution is -2.32. The molecule has 0 radical (unpaired) electrons. The summed E-state index contributed by atoms with van der Waals surface area (Å²) in [5.41, 5.74) is 0.642. The van der Waals surface area contributed by atoms with Crippen molar-refractivity contribution in [3.63, 3.8) is 0 Å². The van der Waals surface area contributed by atoms with Crippen LogP contribution in [-0.4, -0.2) is 38.4 Å². The molecule has 1 aromatic carbocycles. The Labute approximate surface area is 107 Å². The van der Waals surface area contributed by atoms with Gasteiger partial charge in [-0.2, -0.15) is 0 Å². The van der Waals surface area contributed by atoms with E-state index in [-0.39, 0.29) is 18.2 Å². The fraction of sp³-hybridized carbons (Fsp3) is 0.385. The molecule has 0 bridgehead atoms. The maximum absolute atomic E-state index is 11.8. The summed E-state index contributed by atoms with van der Waals surface area (Å²) < 4.78 is 5.02. The second-order valence-corrected chi connectivity index (χ2v) is 3.81. The average molecular weight is 250 g/mol. The second kappa shape index (κ2) is 7.45. The first-order chi connectivity index (χ1) is 8.63. The number of carbonyl (C=O) groups excluding carboxylic acids is 2. The van der Waals surface area contributed by atoms with Crippen LogP contribution in [0.15, 0.2) is 24.3 Å². The van der Waals surface area contributed by atoms with Crippen LogP contribution >= 0.6 is 0 Å². The Morgan fingerprint density at radius 1 is 1.17 bits per heavy atom. The highest BCUT2D eigenvalue weighted by molar-refractivity contribution is 5.97. The van der Waals surface area contributed by atoms with Crippen LogP contribution in [0.5, 0.6) is 5.75 Å². The molecule has 0 spiro atoms. The van der Waals surface area contributed by atoms with Gasteiger partial charge in [-0.25, -0.2) is 0 Å². The van der Waals surface area contributed by atoms with Gasteiger partial charge in [0.2, 0.25) is 5.91 Å². The monoisotopic (exact) mass is 250 g/mol. The standard InChI is InChI=1S/C13H18N2O3/c1-10(16)15-8-7-14-9-13(17)11-3-5-12(18-2)6-4-11/h3-6,14H,7-9H2,1-2H3,(H,15,16). The molecule has 0 aliphatic heterocycles. The Balaban J connectivity index is 2.29. The molecular formula is C13H18N2O3. The zero-order chi connectivity index (χ0) is 13.4. The fourth-order valence-corrected chi connectivity index (χ4v) is 1.41. The quantitative estimate of drug-likeness (QED) is 0.549. The molecule has 0 atom stereocenters. The minimum Gasteiger partial charge on any atom is -0.497 e. The molecule has 98 valence electrons. The van der Waals surface area contributed by atoms with Gasteiger partial charge < -0.3 is 15.4 Å². The Bertz CT molecular complexity index is 401. The van der Waals surface area contributed by atoms with Crippen LogP contribution in [0.3, 0.4) is 0 Å². The number of nitrogens with one attached hydrogen (secondary N) is 2. The fourth-order valence-electron chi connectivity index (χ4n) is 1.41. The van der Waals surface area contributed by atoms with Crippen molar-refractivity contribution in [3.8, 4) is 5.75 Å². The number of amides is 1. The van der Waals surface area contributed by atoms with Crippen LogP contribution < -0.4 is 15.4 Å². The van der Waals surface area contributed by atoms with Gasteiger partial charge in [0.1, 0.15) is 5.75 Å². The van der Waals surface area contributed by atoms with Gasteiger partial charge in [0.05, 0.1) is 13.7 Å². The molecule has 0 aliphatic carbocycles. The smallest absolute Gasteiger partial charge is 0.216 e. The molecule has 0 heterocycles. The molecule has 0 unspecified atom stereocenters. The van der Waals surface area contributed by atoms with E-state index in [0.29, 0.717) is 18.7 Å². The van der Waals surface area contributed by atoms with Gasteiger partial charge in [-0.15, -0.1) is 0 Å². The van der Waals surface area contributed by atoms with Crippen molar-refractivity contribution >= 4 is 11.7 Å². The van der Waals surface area contributed by atoms with E-state index in [2.05, 4.69) is 10.6 Å². The van der Waals surface area contributed by atoms with E-state index < -0.39 is 0 Å². The van der Waals surface area contributed by atoms with Crippen LogP contribution in [0.25, 0.3) is 0 Å². The van der Waals surface area contributed by atoms with Crippen LogP contribution in [0.1, 0.15) is 17.3 Å². The van der Waals surface area contributed by atoms with Gasteiger partial charge in [0, 0.05) is 25.6 Å². The van der Waals surface area contributed by atoms with Crippen molar-refractivity contribution in [3.05, 3.63) is 29.8 Å². The summed E-state index contributed by atoms with van der Waals surface area (Å²) in [6, 6.07) is 6.97. The van der Waals surface area contributed by atoms with Gasteiger partial charge in [-0.1, -0.05) is 0 Å². The molecule has 0 fully saturated rings. The molecule has 1 amide bonds. The number of rotatable bonds is 7. The second-order valence-electron chi connectivity index (χ2n) is 3.81. The minimum atomic E-state index is -0.0710. The van der Waals surface area contributed by atoms with Crippen molar-refractivity contribution in [2.75, 3.05) is 26.7 Å². The molecule has 2 N–H and O–H groups in total. The molecule has 5 heteroatoms. The van der Waals surface area contributed by atoms with Crippen molar-refractivity contribution in [1.29, 1.82) is 0 Å². The van der Waals surface area contributed by atoms with Crippen molar-refractivity contribution in [2.45, 2.75) is 6.92 Å². The Morgan fingerprint density at radius 2 is 1.83 bits per heavy atom. The number of carbonyl (C=O) groups is 2. The zero-order valence-corrected chi connectivity index (χ0v) is 10.7. The largest absolute Gasteiger partial charge is 0.497 e. The number of benzene rings is 1. The molecule has 5 nitrogen and oxygen atoms in total. The third-order valence-electron chi connectivity index (χ3n) is 2.37. The lowest BCUT2D eigenvalue weighted by Gasteiger charge is -2.05. The maximum atomic E-state index is 11.8. The topological polar surface area (TPSA) is 67.4 Å². The highest BCUT2D eigenvalue weighted by atomic mass is 16.5. The lowest BCUT2D eigenvalue weighted by atomic mass is 10.1. The van der Waals surface area contributed by atoms with Gasteiger partial charge in [0.15, 0.2) is 5.78 Å². The summed E-state index contributed by atoms with van der Waals surface area (Å²) in [4.78, 5) is 22.4. The van der Waals surface area contributed by atoms with Crippen molar-refractivity contribution in [2.24, 2.45) is 0 Å². The van der Waals surface area contributed by atoms with E-state index in [1.807, 2.05) is 0 Å². The number of hydrogen-bond acceptors (Lipinski definition) is 4. The SMILES string of the molecule is COc1ccc(C(=O)CNCCNC(C)=O)cc1. The lowest BCUT2D eigenvalue weighted by molar-refractivity contribution is -0.118. The molecule has 0 saturated carbocycles. The van der Waals surface area contributed by atoms with Crippen molar-refractivity contribution < 1.29 is 14.3 Å². The van der Waals surface area contributed by atoms with Crippen molar-refractivity contribution in [1.82, 2.24) is 10.6 Å². The Morgan fingerprint density at radius 3 is 2.39 bits per heavy atom. The van der Waals surface area contributed by atoms with E-state index in [1.54, 1.807) is 31.4 Å². The molecule has 0 aliphatic rings. The summed E-state index contributed by atoms with van der Waals surface area (Å²) in [5.74, 6) is 0.670. The predicted octanol–water partition coefficient (Wildman–Crippen LogP) is 0.604. The van der Waals surface area contributed by atoms with Crippen LogP contribution in [0.4, 0.5) is 0 Å². The molecule has 18 heavy (non-hydrogen) atoms. The minimum absolute atomic E-state index is 0.0143. The maximum Gasteiger partial charge on any atom is 0.216 e. The highest BCUT2D eigenvalue weighted by Gasteiger charge is 2.04. The van der Waals surface area contributed by atoms with E-state index >= 15 is 0 Å². The first kappa shape index (κ1) is 14.2. The third kappa shape index (κ3) is 4.97. The van der Waals surface area contributed by atoms with Crippen LogP contribution in [-0.2, 0) is 4.79 Å². The Hall–Kier alpha value is -1.88. The summed E-state index contributed by atoms with van der Waals surface area (Å²) in [6.45, 7) is 2.81. The Kier molecular flexibility index (Phi) is 5.87. The molecule has 0 saturated heterocycles. The number of methoxy groups -OCH3 is 1. The molecule has 0 aromatic heterocycles. The predicted molar refractivity (Wildman–Crippen MR) is 68.9 cm³/mol. The van der Waals surface area contributed by atoms with E-state index in [1.165, 1.54) is 6.92 Å². The van der Waals surface area contributed by atoms with E-state index in [4.69, 9.17) is 4.74 Å². The summed E-state index contributed by atoms with van der Waals surface area (Å²) in [5, 5.41) is 5.62. The molecule has 1 rings (SSSR count). The highest BCUT2D eigenvalue weighted by Crippen LogP contribution is 2.11. The first-order valence-electron chi connectivity index (χ1n) is 5.76. The van der Waals surface area contributed by atoms with Gasteiger partial charge in [-0.3, -0.25) is 9.59 Å². The van der Waals surface area contributed by atoms with Crippen LogP contribution in [0.2, 0.25) is 0 Å². The van der Waals surface area contributed by atoms with E-state index in [0.717, 1.165) is 5.75 Å². The van der Waals surface area contributed by atoms with E-state index in [9.17, 15) is 9.59 Å². The third-order valence-corrected chi connectivity index (χ3v) is 2.37. The number of Topliss-reactive ketones (excluding diaryl/α,β-unsaturated/α-hetero) is 1. The average Bonchev–Trinajstić information content (AvgIpc) is 2.38. The number of ether oxygens (including phenoxy) is 1. The number of hydrogen-bond donors (Lipinski definition) is 2. The molecular weight excluding hydrogens is 232 g/mol. The zero-order valence-electron chi connectivity index (χ0n) is 10.7. The van der Waals surface area contributed by atoms with Gasteiger partial charge in [0.25, 0.3) is 0 Å². The molecule has 1 aromatic rings. The normalized spacial score (nSPS) is 9.89. The summed E-state index contributed by atoms with van der Waals surface area (Å²) >= 11 is 0. The summed E-state index contributed by atoms with van der Waals surface area (Å²) in [6.07, 6.45) is 0. The summed E-state index contributed by atoms with van der Waals surface area (Å²) in [7, 11) is 1.58. The van der Waals surface area contributed by atoms with Gasteiger partial charge >= 0.3 is 0 Å².